The first-order valence-corrected chi connectivity index (χ1v) is 6.45. The number of nitrogens with zero attached hydrogens (tertiary/aromatic N) is 1. The number of aryl methyl sites for hydroxylation is 1. The van der Waals surface area contributed by atoms with Crippen molar-refractivity contribution >= 4 is 11.4 Å². The van der Waals surface area contributed by atoms with E-state index in [1.54, 1.807) is 12.1 Å². The number of nitro groups is 1. The lowest BCUT2D eigenvalue weighted by atomic mass is 10.1. The highest BCUT2D eigenvalue weighted by molar-refractivity contribution is 5.55. The summed E-state index contributed by atoms with van der Waals surface area (Å²) in [5, 5.41) is 13.9. The van der Waals surface area contributed by atoms with Crippen molar-refractivity contribution in [1.82, 2.24) is 0 Å². The molecule has 0 radical (unpaired) electrons. The number of hydrogen-bond donors (Lipinski definition) is 1. The van der Waals surface area contributed by atoms with Gasteiger partial charge in [0, 0.05) is 29.9 Å². The molecule has 0 heterocycles. The van der Waals surface area contributed by atoms with E-state index in [1.807, 2.05) is 6.92 Å². The van der Waals surface area contributed by atoms with Crippen LogP contribution in [0.2, 0.25) is 0 Å². The predicted molar refractivity (Wildman–Crippen MR) is 76.2 cm³/mol. The molecule has 0 saturated heterocycles. The second-order valence-corrected chi connectivity index (χ2v) is 4.59. The van der Waals surface area contributed by atoms with Crippen molar-refractivity contribution < 1.29 is 13.7 Å². The molecule has 110 valence electrons. The van der Waals surface area contributed by atoms with Crippen LogP contribution in [-0.2, 0) is 13.0 Å². The van der Waals surface area contributed by atoms with Gasteiger partial charge in [-0.05, 0) is 30.2 Å². The number of nitrogens with one attached hydrogen (secondary N) is 1. The molecule has 0 aliphatic rings. The van der Waals surface area contributed by atoms with Gasteiger partial charge in [0.05, 0.1) is 4.92 Å². The van der Waals surface area contributed by atoms with Crippen LogP contribution in [0.25, 0.3) is 0 Å². The zero-order valence-corrected chi connectivity index (χ0v) is 11.4. The Hall–Kier alpha value is -2.50. The topological polar surface area (TPSA) is 55.2 Å². The Bertz CT molecular complexity index is 654. The Labute approximate surface area is 120 Å². The van der Waals surface area contributed by atoms with Gasteiger partial charge in [-0.15, -0.1) is 0 Å². The van der Waals surface area contributed by atoms with Crippen LogP contribution < -0.4 is 5.32 Å². The molecule has 2 rings (SSSR count). The van der Waals surface area contributed by atoms with E-state index in [4.69, 9.17) is 0 Å². The quantitative estimate of drug-likeness (QED) is 0.668. The van der Waals surface area contributed by atoms with Crippen molar-refractivity contribution in [2.45, 2.75) is 19.9 Å². The van der Waals surface area contributed by atoms with Gasteiger partial charge in [0.25, 0.3) is 5.69 Å². The third kappa shape index (κ3) is 3.75. The summed E-state index contributed by atoms with van der Waals surface area (Å²) >= 11 is 0. The van der Waals surface area contributed by atoms with E-state index >= 15 is 0 Å². The SMILES string of the molecule is CCc1ccc(NCc2cc(F)cc(F)c2)cc1[N+](=O)[O-]. The minimum atomic E-state index is -0.654. The summed E-state index contributed by atoms with van der Waals surface area (Å²) in [4.78, 5) is 10.5. The molecule has 0 aliphatic carbocycles. The van der Waals surface area contributed by atoms with E-state index in [1.165, 1.54) is 18.2 Å². The van der Waals surface area contributed by atoms with E-state index in [9.17, 15) is 18.9 Å². The Morgan fingerprint density at radius 3 is 2.38 bits per heavy atom. The summed E-state index contributed by atoms with van der Waals surface area (Å²) in [6.07, 6.45) is 0.561. The first-order valence-electron chi connectivity index (χ1n) is 6.45. The molecule has 0 fully saturated rings. The van der Waals surface area contributed by atoms with Gasteiger partial charge in [-0.1, -0.05) is 13.0 Å². The van der Waals surface area contributed by atoms with Gasteiger partial charge in [0.15, 0.2) is 0 Å². The van der Waals surface area contributed by atoms with E-state index in [2.05, 4.69) is 5.32 Å². The van der Waals surface area contributed by atoms with Crippen molar-refractivity contribution in [3.63, 3.8) is 0 Å². The Morgan fingerprint density at radius 2 is 1.81 bits per heavy atom. The van der Waals surface area contributed by atoms with Crippen LogP contribution in [0.1, 0.15) is 18.1 Å². The summed E-state index contributed by atoms with van der Waals surface area (Å²) in [5.74, 6) is -1.31. The maximum Gasteiger partial charge on any atom is 0.274 e. The average molecular weight is 292 g/mol. The molecule has 2 aromatic rings. The number of nitro benzene ring substituents is 1. The fourth-order valence-electron chi connectivity index (χ4n) is 2.06. The highest BCUT2D eigenvalue weighted by Crippen LogP contribution is 2.24. The molecule has 0 bridgehead atoms. The number of rotatable bonds is 5. The van der Waals surface area contributed by atoms with Gasteiger partial charge in [0.2, 0.25) is 0 Å². The molecule has 4 nitrogen and oxygen atoms in total. The molecular formula is C15H14F2N2O2. The van der Waals surface area contributed by atoms with Crippen LogP contribution in [0, 0.1) is 21.7 Å². The molecule has 0 atom stereocenters. The highest BCUT2D eigenvalue weighted by atomic mass is 19.1. The molecule has 0 spiro atoms. The largest absolute Gasteiger partial charge is 0.381 e. The summed E-state index contributed by atoms with van der Waals surface area (Å²) in [6.45, 7) is 2.02. The molecule has 6 heteroatoms. The van der Waals surface area contributed by atoms with Crippen LogP contribution >= 0.6 is 0 Å². The third-order valence-electron chi connectivity index (χ3n) is 3.08. The summed E-state index contributed by atoms with van der Waals surface area (Å²) in [5.41, 5.74) is 1.63. The summed E-state index contributed by atoms with van der Waals surface area (Å²) in [6, 6.07) is 8.03. The zero-order chi connectivity index (χ0) is 15.4. The minimum absolute atomic E-state index is 0.0351. The summed E-state index contributed by atoms with van der Waals surface area (Å²) in [7, 11) is 0. The molecule has 0 saturated carbocycles. The monoisotopic (exact) mass is 292 g/mol. The van der Waals surface area contributed by atoms with Crippen LogP contribution in [0.5, 0.6) is 0 Å². The maximum absolute atomic E-state index is 13.1. The number of benzene rings is 2. The fraction of sp³-hybridized carbons (Fsp3) is 0.200. The first kappa shape index (κ1) is 14.9. The third-order valence-corrected chi connectivity index (χ3v) is 3.08. The van der Waals surface area contributed by atoms with Gasteiger partial charge in [-0.2, -0.15) is 0 Å². The number of anilines is 1. The molecule has 21 heavy (non-hydrogen) atoms. The summed E-state index contributed by atoms with van der Waals surface area (Å²) < 4.78 is 26.1. The molecular weight excluding hydrogens is 278 g/mol. The van der Waals surface area contributed by atoms with Crippen molar-refractivity contribution in [2.24, 2.45) is 0 Å². The van der Waals surface area contributed by atoms with Gasteiger partial charge < -0.3 is 5.32 Å². The molecule has 0 aromatic heterocycles. The fourth-order valence-corrected chi connectivity index (χ4v) is 2.06. The lowest BCUT2D eigenvalue weighted by Gasteiger charge is -2.08. The van der Waals surface area contributed by atoms with E-state index in [-0.39, 0.29) is 12.2 Å². The van der Waals surface area contributed by atoms with Crippen molar-refractivity contribution in [1.29, 1.82) is 0 Å². The van der Waals surface area contributed by atoms with Crippen LogP contribution in [0.15, 0.2) is 36.4 Å². The molecule has 0 unspecified atom stereocenters. The minimum Gasteiger partial charge on any atom is -0.381 e. The van der Waals surface area contributed by atoms with Crippen LogP contribution in [-0.4, -0.2) is 4.92 Å². The van der Waals surface area contributed by atoms with Gasteiger partial charge in [-0.3, -0.25) is 10.1 Å². The molecule has 0 amide bonds. The highest BCUT2D eigenvalue weighted by Gasteiger charge is 2.13. The van der Waals surface area contributed by atoms with E-state index in [0.29, 0.717) is 23.2 Å². The molecule has 2 aromatic carbocycles. The Morgan fingerprint density at radius 1 is 1.14 bits per heavy atom. The van der Waals surface area contributed by atoms with Crippen LogP contribution in [0.3, 0.4) is 0 Å². The average Bonchev–Trinajstić information content (AvgIpc) is 2.43. The second-order valence-electron chi connectivity index (χ2n) is 4.59. The normalized spacial score (nSPS) is 10.4. The van der Waals surface area contributed by atoms with E-state index < -0.39 is 16.6 Å². The van der Waals surface area contributed by atoms with Crippen LogP contribution in [0.4, 0.5) is 20.2 Å². The lowest BCUT2D eigenvalue weighted by Crippen LogP contribution is -2.02. The molecule has 0 aliphatic heterocycles. The molecule has 1 N–H and O–H groups in total. The van der Waals surface area contributed by atoms with Gasteiger partial charge in [0.1, 0.15) is 11.6 Å². The first-order chi connectivity index (χ1) is 9.99. The van der Waals surface area contributed by atoms with Gasteiger partial charge in [-0.25, -0.2) is 8.78 Å². The van der Waals surface area contributed by atoms with E-state index in [0.717, 1.165) is 6.07 Å². The smallest absolute Gasteiger partial charge is 0.274 e. The standard InChI is InChI=1S/C15H14F2N2O2/c1-2-11-3-4-14(8-15(11)19(20)21)18-9-10-5-12(16)7-13(17)6-10/h3-8,18H,2,9H2,1H3. The number of hydrogen-bond acceptors (Lipinski definition) is 3. The van der Waals surface area contributed by atoms with Gasteiger partial charge >= 0.3 is 0 Å². The lowest BCUT2D eigenvalue weighted by molar-refractivity contribution is -0.385. The Balaban J connectivity index is 2.16. The Kier molecular flexibility index (Phi) is 4.47. The van der Waals surface area contributed by atoms with Crippen molar-refractivity contribution in [2.75, 3.05) is 5.32 Å². The number of halogens is 2. The predicted octanol–water partition coefficient (Wildman–Crippen LogP) is 4.05. The second kappa shape index (κ2) is 6.30. The van der Waals surface area contributed by atoms with Crippen molar-refractivity contribution in [3.8, 4) is 0 Å². The maximum atomic E-state index is 13.1. The zero-order valence-electron chi connectivity index (χ0n) is 11.4. The van der Waals surface area contributed by atoms with Crippen molar-refractivity contribution in [3.05, 3.63) is 69.3 Å².